The highest BCUT2D eigenvalue weighted by Gasteiger charge is 2.16. The number of aryl methyl sites for hydroxylation is 1. The quantitative estimate of drug-likeness (QED) is 0.759. The van der Waals surface area contributed by atoms with Crippen LogP contribution in [-0.4, -0.2) is 10.9 Å². The van der Waals surface area contributed by atoms with Crippen molar-refractivity contribution in [2.45, 2.75) is 26.7 Å². The fourth-order valence-electron chi connectivity index (χ4n) is 2.11. The maximum Gasteiger partial charge on any atom is 0.258 e. The number of carbonyl (C=O) groups is 1. The van der Waals surface area contributed by atoms with Crippen molar-refractivity contribution < 1.29 is 4.79 Å². The molecule has 110 valence electrons. The molecule has 1 aromatic carbocycles. The van der Waals surface area contributed by atoms with E-state index in [1.807, 2.05) is 25.1 Å². The SMILES string of the molecule is Cc1cccc(C(C)C)c1NC(=O)c1cc(Br)cnc1Cl. The number of amides is 1. The van der Waals surface area contributed by atoms with Gasteiger partial charge in [0.25, 0.3) is 5.91 Å². The van der Waals surface area contributed by atoms with E-state index in [4.69, 9.17) is 11.6 Å². The summed E-state index contributed by atoms with van der Waals surface area (Å²) in [5.41, 5.74) is 3.31. The molecule has 3 nitrogen and oxygen atoms in total. The Labute approximate surface area is 137 Å². The van der Waals surface area contributed by atoms with Gasteiger partial charge >= 0.3 is 0 Å². The molecule has 0 bridgehead atoms. The number of pyridine rings is 1. The predicted octanol–water partition coefficient (Wildman–Crippen LogP) is 5.18. The molecule has 0 unspecified atom stereocenters. The lowest BCUT2D eigenvalue weighted by atomic mass is 9.98. The summed E-state index contributed by atoms with van der Waals surface area (Å²) in [4.78, 5) is 16.4. The molecule has 1 N–H and O–H groups in total. The molecule has 0 aliphatic carbocycles. The second kappa shape index (κ2) is 6.58. The van der Waals surface area contributed by atoms with Crippen molar-refractivity contribution in [2.24, 2.45) is 0 Å². The van der Waals surface area contributed by atoms with Crippen molar-refractivity contribution in [3.05, 3.63) is 56.8 Å². The lowest BCUT2D eigenvalue weighted by Crippen LogP contribution is -2.15. The van der Waals surface area contributed by atoms with E-state index in [-0.39, 0.29) is 11.1 Å². The molecule has 21 heavy (non-hydrogen) atoms. The number of aromatic nitrogens is 1. The van der Waals surface area contributed by atoms with E-state index in [1.54, 1.807) is 12.3 Å². The fraction of sp³-hybridized carbons (Fsp3) is 0.250. The lowest BCUT2D eigenvalue weighted by molar-refractivity contribution is 0.102. The molecule has 1 heterocycles. The molecule has 0 aliphatic heterocycles. The zero-order chi connectivity index (χ0) is 15.6. The Kier molecular flexibility index (Phi) is 5.01. The van der Waals surface area contributed by atoms with Crippen LogP contribution in [0.4, 0.5) is 5.69 Å². The molecule has 0 aliphatic rings. The minimum atomic E-state index is -0.259. The van der Waals surface area contributed by atoms with Crippen LogP contribution in [0.25, 0.3) is 0 Å². The Balaban J connectivity index is 2.38. The number of nitrogens with one attached hydrogen (secondary N) is 1. The number of anilines is 1. The summed E-state index contributed by atoms with van der Waals surface area (Å²) in [5.74, 6) is 0.0568. The lowest BCUT2D eigenvalue weighted by Gasteiger charge is -2.16. The molecule has 0 saturated carbocycles. The Morgan fingerprint density at radius 1 is 1.38 bits per heavy atom. The van der Waals surface area contributed by atoms with Crippen molar-refractivity contribution in [1.29, 1.82) is 0 Å². The monoisotopic (exact) mass is 366 g/mol. The summed E-state index contributed by atoms with van der Waals surface area (Å²) in [5, 5.41) is 3.15. The molecule has 0 spiro atoms. The van der Waals surface area contributed by atoms with Crippen LogP contribution in [0, 0.1) is 6.92 Å². The third-order valence-corrected chi connectivity index (χ3v) is 3.95. The van der Waals surface area contributed by atoms with Gasteiger partial charge in [-0.05, 0) is 46.0 Å². The fourth-order valence-corrected chi connectivity index (χ4v) is 2.63. The van der Waals surface area contributed by atoms with E-state index in [0.717, 1.165) is 16.8 Å². The number of halogens is 2. The zero-order valence-electron chi connectivity index (χ0n) is 12.1. The smallest absolute Gasteiger partial charge is 0.258 e. The van der Waals surface area contributed by atoms with Crippen LogP contribution in [-0.2, 0) is 0 Å². The first kappa shape index (κ1) is 16.0. The van der Waals surface area contributed by atoms with Crippen LogP contribution >= 0.6 is 27.5 Å². The summed E-state index contributed by atoms with van der Waals surface area (Å²) >= 11 is 9.31. The van der Waals surface area contributed by atoms with Gasteiger partial charge in [0.2, 0.25) is 0 Å². The second-order valence-corrected chi connectivity index (χ2v) is 6.41. The summed E-state index contributed by atoms with van der Waals surface area (Å²) in [7, 11) is 0. The van der Waals surface area contributed by atoms with Gasteiger partial charge in [-0.15, -0.1) is 0 Å². The summed E-state index contributed by atoms with van der Waals surface area (Å²) in [6, 6.07) is 7.66. The summed E-state index contributed by atoms with van der Waals surface area (Å²) in [6.45, 7) is 6.17. The van der Waals surface area contributed by atoms with Gasteiger partial charge in [-0.1, -0.05) is 43.6 Å². The molecule has 0 radical (unpaired) electrons. The highest BCUT2D eigenvalue weighted by atomic mass is 79.9. The van der Waals surface area contributed by atoms with Gasteiger partial charge in [-0.25, -0.2) is 4.98 Å². The van der Waals surface area contributed by atoms with Gasteiger partial charge in [0, 0.05) is 16.4 Å². The number of para-hydroxylation sites is 1. The van der Waals surface area contributed by atoms with E-state index < -0.39 is 0 Å². The summed E-state index contributed by atoms with van der Waals surface area (Å²) < 4.78 is 0.714. The van der Waals surface area contributed by atoms with Crippen LogP contribution in [0.3, 0.4) is 0 Å². The van der Waals surface area contributed by atoms with Crippen molar-refractivity contribution in [3.63, 3.8) is 0 Å². The Morgan fingerprint density at radius 2 is 2.10 bits per heavy atom. The Bertz CT molecular complexity index is 686. The van der Waals surface area contributed by atoms with Gasteiger partial charge in [0.05, 0.1) is 5.56 Å². The second-order valence-electron chi connectivity index (χ2n) is 5.14. The largest absolute Gasteiger partial charge is 0.321 e. The normalized spacial score (nSPS) is 10.8. The maximum absolute atomic E-state index is 12.5. The molecular formula is C16H16BrClN2O. The van der Waals surface area contributed by atoms with Crippen molar-refractivity contribution >= 4 is 39.1 Å². The van der Waals surface area contributed by atoms with Gasteiger partial charge in [-0.2, -0.15) is 0 Å². The summed E-state index contributed by atoms with van der Waals surface area (Å²) in [6.07, 6.45) is 1.56. The predicted molar refractivity (Wildman–Crippen MR) is 90.2 cm³/mol. The van der Waals surface area contributed by atoms with Crippen LogP contribution in [0.1, 0.15) is 41.3 Å². The number of benzene rings is 1. The zero-order valence-corrected chi connectivity index (χ0v) is 14.4. The Morgan fingerprint density at radius 3 is 2.76 bits per heavy atom. The van der Waals surface area contributed by atoms with E-state index >= 15 is 0 Å². The number of rotatable bonds is 3. The van der Waals surface area contributed by atoms with Gasteiger partial charge in [-0.3, -0.25) is 4.79 Å². The highest BCUT2D eigenvalue weighted by molar-refractivity contribution is 9.10. The number of hydrogen-bond donors (Lipinski definition) is 1. The van der Waals surface area contributed by atoms with E-state index in [1.165, 1.54) is 0 Å². The third-order valence-electron chi connectivity index (χ3n) is 3.22. The van der Waals surface area contributed by atoms with E-state index in [9.17, 15) is 4.79 Å². The minimum absolute atomic E-state index is 0.190. The first-order valence-electron chi connectivity index (χ1n) is 6.62. The van der Waals surface area contributed by atoms with Crippen molar-refractivity contribution in [3.8, 4) is 0 Å². The van der Waals surface area contributed by atoms with Crippen LogP contribution < -0.4 is 5.32 Å². The molecule has 5 heteroatoms. The standard InChI is InChI=1S/C16H16BrClN2O/c1-9(2)12-6-4-5-10(3)14(12)20-16(21)13-7-11(17)8-19-15(13)18/h4-9H,1-3H3,(H,20,21). The molecule has 0 atom stereocenters. The molecule has 0 saturated heterocycles. The number of hydrogen-bond acceptors (Lipinski definition) is 2. The molecule has 1 amide bonds. The molecule has 2 rings (SSSR count). The average molecular weight is 368 g/mol. The van der Waals surface area contributed by atoms with Gasteiger partial charge in [0.1, 0.15) is 5.15 Å². The van der Waals surface area contributed by atoms with Crippen LogP contribution in [0.5, 0.6) is 0 Å². The van der Waals surface area contributed by atoms with E-state index in [2.05, 4.69) is 40.1 Å². The highest BCUT2D eigenvalue weighted by Crippen LogP contribution is 2.28. The Hall–Kier alpha value is -1.39. The molecule has 1 aromatic heterocycles. The minimum Gasteiger partial charge on any atom is -0.321 e. The van der Waals surface area contributed by atoms with Gasteiger partial charge < -0.3 is 5.32 Å². The van der Waals surface area contributed by atoms with Crippen LogP contribution in [0.2, 0.25) is 5.15 Å². The first-order chi connectivity index (χ1) is 9.90. The average Bonchev–Trinajstić information content (AvgIpc) is 2.43. The molecular weight excluding hydrogens is 352 g/mol. The molecule has 2 aromatic rings. The topological polar surface area (TPSA) is 42.0 Å². The number of nitrogens with zero attached hydrogens (tertiary/aromatic N) is 1. The maximum atomic E-state index is 12.5. The van der Waals surface area contributed by atoms with Gasteiger partial charge in [0.15, 0.2) is 0 Å². The molecule has 0 fully saturated rings. The van der Waals surface area contributed by atoms with Crippen LogP contribution in [0.15, 0.2) is 34.9 Å². The van der Waals surface area contributed by atoms with Crippen molar-refractivity contribution in [2.75, 3.05) is 5.32 Å². The third kappa shape index (κ3) is 3.63. The van der Waals surface area contributed by atoms with Crippen molar-refractivity contribution in [1.82, 2.24) is 4.98 Å². The number of carbonyl (C=O) groups excluding carboxylic acids is 1. The van der Waals surface area contributed by atoms with E-state index in [0.29, 0.717) is 16.0 Å². The first-order valence-corrected chi connectivity index (χ1v) is 7.79.